The van der Waals surface area contributed by atoms with Crippen molar-refractivity contribution in [1.29, 1.82) is 0 Å². The standard InChI is InChI=1S/C15H16ClNO2S/c1-10-3-4-11(7-14(10)16)17-9-13-6-5-12(20-13)8-15(18)19-2/h3-7,17H,8-9H2,1-2H3. The molecule has 0 spiro atoms. The van der Waals surface area contributed by atoms with Gasteiger partial charge in [-0.15, -0.1) is 11.3 Å². The van der Waals surface area contributed by atoms with E-state index in [-0.39, 0.29) is 5.97 Å². The van der Waals surface area contributed by atoms with Crippen LogP contribution in [0, 0.1) is 6.92 Å². The van der Waals surface area contributed by atoms with Gasteiger partial charge in [-0.1, -0.05) is 17.7 Å². The van der Waals surface area contributed by atoms with E-state index in [1.807, 2.05) is 37.3 Å². The highest BCUT2D eigenvalue weighted by Gasteiger charge is 2.06. The summed E-state index contributed by atoms with van der Waals surface area (Å²) in [4.78, 5) is 13.4. The molecule has 0 aliphatic heterocycles. The van der Waals surface area contributed by atoms with Gasteiger partial charge in [0.15, 0.2) is 0 Å². The van der Waals surface area contributed by atoms with Crippen molar-refractivity contribution in [3.63, 3.8) is 0 Å². The van der Waals surface area contributed by atoms with Gasteiger partial charge in [-0.25, -0.2) is 0 Å². The molecule has 2 aromatic rings. The molecule has 1 N–H and O–H groups in total. The van der Waals surface area contributed by atoms with Gasteiger partial charge in [0, 0.05) is 27.0 Å². The normalized spacial score (nSPS) is 10.3. The number of hydrogen-bond acceptors (Lipinski definition) is 4. The molecule has 0 fully saturated rings. The first-order valence-corrected chi connectivity index (χ1v) is 7.42. The van der Waals surface area contributed by atoms with Crippen LogP contribution in [0.4, 0.5) is 5.69 Å². The fraction of sp³-hybridized carbons (Fsp3) is 0.267. The molecule has 5 heteroatoms. The van der Waals surface area contributed by atoms with Crippen molar-refractivity contribution in [2.24, 2.45) is 0 Å². The first-order valence-electron chi connectivity index (χ1n) is 6.23. The van der Waals surface area contributed by atoms with E-state index in [0.29, 0.717) is 13.0 Å². The Kier molecular flexibility index (Phi) is 5.04. The van der Waals surface area contributed by atoms with E-state index < -0.39 is 0 Å². The van der Waals surface area contributed by atoms with Crippen LogP contribution in [0.25, 0.3) is 0 Å². The largest absolute Gasteiger partial charge is 0.469 e. The Balaban J connectivity index is 1.93. The van der Waals surface area contributed by atoms with Crippen LogP contribution >= 0.6 is 22.9 Å². The lowest BCUT2D eigenvalue weighted by Gasteiger charge is -2.06. The van der Waals surface area contributed by atoms with Gasteiger partial charge < -0.3 is 10.1 Å². The molecule has 20 heavy (non-hydrogen) atoms. The number of rotatable bonds is 5. The highest BCUT2D eigenvalue weighted by molar-refractivity contribution is 7.12. The third-order valence-corrected chi connectivity index (χ3v) is 4.39. The summed E-state index contributed by atoms with van der Waals surface area (Å²) < 4.78 is 4.65. The van der Waals surface area contributed by atoms with E-state index >= 15 is 0 Å². The molecule has 3 nitrogen and oxygen atoms in total. The van der Waals surface area contributed by atoms with Crippen molar-refractivity contribution >= 4 is 34.6 Å². The van der Waals surface area contributed by atoms with Crippen LogP contribution in [0.5, 0.6) is 0 Å². The Hall–Kier alpha value is -1.52. The van der Waals surface area contributed by atoms with Crippen molar-refractivity contribution in [2.45, 2.75) is 19.9 Å². The van der Waals surface area contributed by atoms with Gasteiger partial charge in [0.2, 0.25) is 0 Å². The molecule has 0 atom stereocenters. The number of carbonyl (C=O) groups is 1. The van der Waals surface area contributed by atoms with Gasteiger partial charge in [0.05, 0.1) is 13.5 Å². The molecule has 1 aromatic heterocycles. The fourth-order valence-corrected chi connectivity index (χ4v) is 2.84. The number of thiophene rings is 1. The number of esters is 1. The molecular weight excluding hydrogens is 294 g/mol. The predicted molar refractivity (Wildman–Crippen MR) is 83.6 cm³/mol. The maximum Gasteiger partial charge on any atom is 0.310 e. The van der Waals surface area contributed by atoms with E-state index in [2.05, 4.69) is 10.1 Å². The average molecular weight is 310 g/mol. The van der Waals surface area contributed by atoms with Crippen LogP contribution in [-0.4, -0.2) is 13.1 Å². The van der Waals surface area contributed by atoms with Crippen LogP contribution in [0.3, 0.4) is 0 Å². The second-order valence-corrected chi connectivity index (χ2v) is 6.10. The molecule has 0 aliphatic carbocycles. The number of halogens is 1. The number of ether oxygens (including phenoxy) is 1. The number of carbonyl (C=O) groups excluding carboxylic acids is 1. The number of methoxy groups -OCH3 is 1. The van der Waals surface area contributed by atoms with E-state index in [9.17, 15) is 4.79 Å². The Morgan fingerprint density at radius 2 is 2.05 bits per heavy atom. The van der Waals surface area contributed by atoms with E-state index in [4.69, 9.17) is 11.6 Å². The van der Waals surface area contributed by atoms with Crippen molar-refractivity contribution in [3.05, 3.63) is 50.7 Å². The lowest BCUT2D eigenvalue weighted by Crippen LogP contribution is -2.02. The van der Waals surface area contributed by atoms with Crippen LogP contribution in [-0.2, 0) is 22.5 Å². The second kappa shape index (κ2) is 6.77. The molecule has 1 aromatic carbocycles. The lowest BCUT2D eigenvalue weighted by atomic mass is 10.2. The summed E-state index contributed by atoms with van der Waals surface area (Å²) in [5, 5.41) is 4.08. The van der Waals surface area contributed by atoms with Crippen LogP contribution in [0.1, 0.15) is 15.3 Å². The first-order chi connectivity index (χ1) is 9.58. The highest BCUT2D eigenvalue weighted by atomic mass is 35.5. The maximum absolute atomic E-state index is 11.2. The Morgan fingerprint density at radius 1 is 1.30 bits per heavy atom. The highest BCUT2D eigenvalue weighted by Crippen LogP contribution is 2.22. The average Bonchev–Trinajstić information content (AvgIpc) is 2.87. The molecular formula is C15H16ClNO2S. The summed E-state index contributed by atoms with van der Waals surface area (Å²) in [5.74, 6) is -0.211. The molecule has 0 radical (unpaired) electrons. The quantitative estimate of drug-likeness (QED) is 0.847. The lowest BCUT2D eigenvalue weighted by molar-refractivity contribution is -0.139. The molecule has 0 amide bonds. The van der Waals surface area contributed by atoms with Gasteiger partial charge in [-0.2, -0.15) is 0 Å². The number of benzene rings is 1. The predicted octanol–water partition coefficient (Wildman–Crippen LogP) is 4.04. The minimum absolute atomic E-state index is 0.211. The Bertz CT molecular complexity index is 610. The molecule has 2 rings (SSSR count). The Labute approximate surface area is 127 Å². The van der Waals surface area contributed by atoms with Gasteiger partial charge in [-0.05, 0) is 36.8 Å². The SMILES string of the molecule is COC(=O)Cc1ccc(CNc2ccc(C)c(Cl)c2)s1. The molecule has 0 saturated heterocycles. The monoisotopic (exact) mass is 309 g/mol. The number of nitrogens with one attached hydrogen (secondary N) is 1. The van der Waals surface area contributed by atoms with Gasteiger partial charge in [0.25, 0.3) is 0 Å². The summed E-state index contributed by atoms with van der Waals surface area (Å²) in [6.45, 7) is 2.69. The summed E-state index contributed by atoms with van der Waals surface area (Å²) >= 11 is 7.69. The van der Waals surface area contributed by atoms with Gasteiger partial charge in [-0.3, -0.25) is 4.79 Å². The molecule has 0 saturated carbocycles. The molecule has 1 heterocycles. The number of aryl methyl sites for hydroxylation is 1. The Morgan fingerprint density at radius 3 is 2.75 bits per heavy atom. The first kappa shape index (κ1) is 14.9. The minimum atomic E-state index is -0.211. The molecule has 0 unspecified atom stereocenters. The van der Waals surface area contributed by atoms with Crippen molar-refractivity contribution in [3.8, 4) is 0 Å². The second-order valence-electron chi connectivity index (χ2n) is 4.44. The molecule has 0 aliphatic rings. The van der Waals surface area contributed by atoms with Crippen molar-refractivity contribution in [2.75, 3.05) is 12.4 Å². The van der Waals surface area contributed by atoms with Crippen LogP contribution < -0.4 is 5.32 Å². The van der Waals surface area contributed by atoms with E-state index in [1.54, 1.807) is 11.3 Å². The van der Waals surface area contributed by atoms with E-state index in [1.165, 1.54) is 12.0 Å². The zero-order chi connectivity index (χ0) is 14.5. The molecule has 0 bridgehead atoms. The number of hydrogen-bond donors (Lipinski definition) is 1. The molecule has 106 valence electrons. The third kappa shape index (κ3) is 3.99. The van der Waals surface area contributed by atoms with Gasteiger partial charge >= 0.3 is 5.97 Å². The topological polar surface area (TPSA) is 38.3 Å². The number of anilines is 1. The summed E-state index contributed by atoms with van der Waals surface area (Å²) in [6, 6.07) is 9.89. The smallest absolute Gasteiger partial charge is 0.310 e. The van der Waals surface area contributed by atoms with Crippen molar-refractivity contribution in [1.82, 2.24) is 0 Å². The summed E-state index contributed by atoms with van der Waals surface area (Å²) in [6.07, 6.45) is 0.331. The minimum Gasteiger partial charge on any atom is -0.469 e. The fourth-order valence-electron chi connectivity index (χ4n) is 1.72. The zero-order valence-electron chi connectivity index (χ0n) is 11.4. The van der Waals surface area contributed by atoms with Crippen LogP contribution in [0.15, 0.2) is 30.3 Å². The van der Waals surface area contributed by atoms with Crippen LogP contribution in [0.2, 0.25) is 5.02 Å². The van der Waals surface area contributed by atoms with Gasteiger partial charge in [0.1, 0.15) is 0 Å². The van der Waals surface area contributed by atoms with E-state index in [0.717, 1.165) is 21.2 Å². The summed E-state index contributed by atoms with van der Waals surface area (Å²) in [5.41, 5.74) is 2.05. The maximum atomic E-state index is 11.2. The third-order valence-electron chi connectivity index (χ3n) is 2.90. The zero-order valence-corrected chi connectivity index (χ0v) is 13.0. The van der Waals surface area contributed by atoms with Crippen molar-refractivity contribution < 1.29 is 9.53 Å². The summed E-state index contributed by atoms with van der Waals surface area (Å²) in [7, 11) is 1.40.